The molecule has 1 amide bonds. The number of nitro benzene ring substituents is 1. The van der Waals surface area contributed by atoms with Crippen LogP contribution in [0.2, 0.25) is 0 Å². The molecule has 0 aliphatic carbocycles. The maximum absolute atomic E-state index is 12.1. The van der Waals surface area contributed by atoms with Crippen LogP contribution in [0.3, 0.4) is 0 Å². The Morgan fingerprint density at radius 2 is 2.33 bits per heavy atom. The Balaban J connectivity index is 2.30. The summed E-state index contributed by atoms with van der Waals surface area (Å²) in [7, 11) is 1.60. The summed E-state index contributed by atoms with van der Waals surface area (Å²) in [6.07, 6.45) is 0.407. The van der Waals surface area contributed by atoms with Gasteiger partial charge in [0.1, 0.15) is 6.17 Å². The molecular weight excluding hydrogens is 274 g/mol. The topological polar surface area (TPSA) is 84.7 Å². The van der Waals surface area contributed by atoms with Crippen LogP contribution >= 0.6 is 0 Å². The van der Waals surface area contributed by atoms with Crippen molar-refractivity contribution in [1.82, 2.24) is 10.2 Å². The smallest absolute Gasteiger partial charge is 0.269 e. The average molecular weight is 293 g/mol. The largest absolute Gasteiger partial charge is 0.383 e. The molecule has 1 saturated heterocycles. The summed E-state index contributed by atoms with van der Waals surface area (Å²) < 4.78 is 5.17. The monoisotopic (exact) mass is 293 g/mol. The highest BCUT2D eigenvalue weighted by atomic mass is 16.6. The molecule has 1 aromatic rings. The van der Waals surface area contributed by atoms with Crippen molar-refractivity contribution in [2.45, 2.75) is 25.6 Å². The van der Waals surface area contributed by atoms with Gasteiger partial charge in [-0.05, 0) is 12.0 Å². The van der Waals surface area contributed by atoms with Gasteiger partial charge in [-0.15, -0.1) is 0 Å². The van der Waals surface area contributed by atoms with E-state index in [2.05, 4.69) is 5.32 Å². The van der Waals surface area contributed by atoms with Crippen LogP contribution in [0.15, 0.2) is 24.3 Å². The first-order valence-corrected chi connectivity index (χ1v) is 6.86. The number of nitrogens with one attached hydrogen (secondary N) is 1. The first kappa shape index (κ1) is 15.4. The molecule has 1 N–H and O–H groups in total. The van der Waals surface area contributed by atoms with Crippen LogP contribution in [-0.4, -0.2) is 42.0 Å². The summed E-state index contributed by atoms with van der Waals surface area (Å²) >= 11 is 0. The molecule has 1 fully saturated rings. The van der Waals surface area contributed by atoms with Gasteiger partial charge in [0.2, 0.25) is 5.91 Å². The second kappa shape index (κ2) is 6.64. The van der Waals surface area contributed by atoms with Crippen LogP contribution in [-0.2, 0) is 9.53 Å². The SMILES string of the molecule is CCC(COC)N1C(=O)CNC1c1cccc([N+](=O)[O-])c1. The maximum Gasteiger partial charge on any atom is 0.269 e. The molecule has 0 spiro atoms. The number of rotatable bonds is 6. The highest BCUT2D eigenvalue weighted by molar-refractivity contribution is 5.81. The lowest BCUT2D eigenvalue weighted by molar-refractivity contribution is -0.385. The summed E-state index contributed by atoms with van der Waals surface area (Å²) in [5, 5.41) is 14.0. The van der Waals surface area contributed by atoms with Gasteiger partial charge in [0.25, 0.3) is 5.69 Å². The molecule has 2 unspecified atom stereocenters. The zero-order chi connectivity index (χ0) is 15.4. The van der Waals surface area contributed by atoms with Crippen molar-refractivity contribution in [2.75, 3.05) is 20.3 Å². The Morgan fingerprint density at radius 1 is 1.57 bits per heavy atom. The van der Waals surface area contributed by atoms with Crippen LogP contribution in [0, 0.1) is 10.1 Å². The molecular formula is C14H19N3O4. The Morgan fingerprint density at radius 3 is 2.95 bits per heavy atom. The minimum atomic E-state index is -0.433. The fourth-order valence-corrected chi connectivity index (χ4v) is 2.61. The van der Waals surface area contributed by atoms with E-state index >= 15 is 0 Å². The number of hydrogen-bond donors (Lipinski definition) is 1. The van der Waals surface area contributed by atoms with Gasteiger partial charge in [-0.3, -0.25) is 20.2 Å². The van der Waals surface area contributed by atoms with E-state index in [0.717, 1.165) is 6.42 Å². The summed E-state index contributed by atoms with van der Waals surface area (Å²) in [5.41, 5.74) is 0.734. The molecule has 1 aliphatic heterocycles. The lowest BCUT2D eigenvalue weighted by Crippen LogP contribution is -2.41. The van der Waals surface area contributed by atoms with E-state index in [-0.39, 0.29) is 30.3 Å². The lowest BCUT2D eigenvalue weighted by atomic mass is 10.1. The number of nitro groups is 1. The lowest BCUT2D eigenvalue weighted by Gasteiger charge is -2.32. The van der Waals surface area contributed by atoms with Gasteiger partial charge < -0.3 is 9.64 Å². The van der Waals surface area contributed by atoms with E-state index in [4.69, 9.17) is 4.74 Å². The van der Waals surface area contributed by atoms with Crippen molar-refractivity contribution in [3.8, 4) is 0 Å². The molecule has 2 rings (SSSR count). The van der Waals surface area contributed by atoms with Gasteiger partial charge in [0.05, 0.1) is 24.1 Å². The van der Waals surface area contributed by atoms with E-state index < -0.39 is 4.92 Å². The van der Waals surface area contributed by atoms with Crippen molar-refractivity contribution >= 4 is 11.6 Å². The van der Waals surface area contributed by atoms with Gasteiger partial charge in [0.15, 0.2) is 0 Å². The van der Waals surface area contributed by atoms with E-state index in [9.17, 15) is 14.9 Å². The number of ether oxygens (including phenoxy) is 1. The fourth-order valence-electron chi connectivity index (χ4n) is 2.61. The average Bonchev–Trinajstić information content (AvgIpc) is 2.86. The minimum Gasteiger partial charge on any atom is -0.383 e. The molecule has 0 saturated carbocycles. The van der Waals surface area contributed by atoms with Crippen molar-refractivity contribution in [3.05, 3.63) is 39.9 Å². The van der Waals surface area contributed by atoms with Gasteiger partial charge in [-0.2, -0.15) is 0 Å². The molecule has 114 valence electrons. The Kier molecular flexibility index (Phi) is 4.87. The van der Waals surface area contributed by atoms with Crippen molar-refractivity contribution in [1.29, 1.82) is 0 Å². The van der Waals surface area contributed by atoms with Crippen LogP contribution in [0.25, 0.3) is 0 Å². The molecule has 1 aliphatic rings. The van der Waals surface area contributed by atoms with Crippen LogP contribution in [0.1, 0.15) is 25.1 Å². The second-order valence-corrected chi connectivity index (χ2v) is 4.95. The first-order valence-electron chi connectivity index (χ1n) is 6.86. The van der Waals surface area contributed by atoms with Gasteiger partial charge >= 0.3 is 0 Å². The third-order valence-electron chi connectivity index (χ3n) is 3.63. The molecule has 0 radical (unpaired) electrons. The number of methoxy groups -OCH3 is 1. The number of benzene rings is 1. The Bertz CT molecular complexity index is 535. The van der Waals surface area contributed by atoms with Gasteiger partial charge in [-0.1, -0.05) is 19.1 Å². The van der Waals surface area contributed by atoms with Crippen LogP contribution in [0.4, 0.5) is 5.69 Å². The molecule has 7 heteroatoms. The van der Waals surface area contributed by atoms with Crippen molar-refractivity contribution in [3.63, 3.8) is 0 Å². The molecule has 7 nitrogen and oxygen atoms in total. The summed E-state index contributed by atoms with van der Waals surface area (Å²) in [4.78, 5) is 24.3. The van der Waals surface area contributed by atoms with Gasteiger partial charge in [0, 0.05) is 19.2 Å². The molecule has 0 bridgehead atoms. The van der Waals surface area contributed by atoms with Crippen molar-refractivity contribution in [2.24, 2.45) is 0 Å². The minimum absolute atomic E-state index is 0.0181. The number of carbonyl (C=O) groups excluding carboxylic acids is 1. The highest BCUT2D eigenvalue weighted by Crippen LogP contribution is 2.28. The predicted octanol–water partition coefficient (Wildman–Crippen LogP) is 1.45. The molecule has 1 heterocycles. The zero-order valence-corrected chi connectivity index (χ0v) is 12.1. The standard InChI is InChI=1S/C14H19N3O4/c1-3-11(9-21-2)16-13(18)8-15-14(16)10-5-4-6-12(7-10)17(19)20/h4-7,11,14-15H,3,8-9H2,1-2H3. The van der Waals surface area contributed by atoms with E-state index in [1.54, 1.807) is 24.1 Å². The molecule has 21 heavy (non-hydrogen) atoms. The van der Waals surface area contributed by atoms with E-state index in [1.807, 2.05) is 6.92 Å². The fraction of sp³-hybridized carbons (Fsp3) is 0.500. The Hall–Kier alpha value is -1.99. The van der Waals surface area contributed by atoms with E-state index in [1.165, 1.54) is 12.1 Å². The quantitative estimate of drug-likeness (QED) is 0.634. The second-order valence-electron chi connectivity index (χ2n) is 4.95. The Labute approximate surface area is 123 Å². The number of carbonyl (C=O) groups is 1. The van der Waals surface area contributed by atoms with Crippen molar-refractivity contribution < 1.29 is 14.5 Å². The molecule has 1 aromatic carbocycles. The van der Waals surface area contributed by atoms with Crippen LogP contribution < -0.4 is 5.32 Å². The van der Waals surface area contributed by atoms with E-state index in [0.29, 0.717) is 12.2 Å². The predicted molar refractivity (Wildman–Crippen MR) is 76.6 cm³/mol. The normalized spacial score (nSPS) is 19.8. The number of non-ortho nitro benzene ring substituents is 1. The number of hydrogen-bond acceptors (Lipinski definition) is 5. The van der Waals surface area contributed by atoms with Gasteiger partial charge in [-0.25, -0.2) is 0 Å². The highest BCUT2D eigenvalue weighted by Gasteiger charge is 2.36. The molecule has 2 atom stereocenters. The third-order valence-corrected chi connectivity index (χ3v) is 3.63. The van der Waals surface area contributed by atoms with Crippen LogP contribution in [0.5, 0.6) is 0 Å². The number of nitrogens with zero attached hydrogens (tertiary/aromatic N) is 2. The number of amides is 1. The maximum atomic E-state index is 12.1. The first-order chi connectivity index (χ1) is 10.1. The summed E-state index contributed by atoms with van der Waals surface area (Å²) in [5.74, 6) is -0.0181. The zero-order valence-electron chi connectivity index (χ0n) is 12.1. The summed E-state index contributed by atoms with van der Waals surface area (Å²) in [6.45, 7) is 2.66. The third kappa shape index (κ3) is 3.20. The summed E-state index contributed by atoms with van der Waals surface area (Å²) in [6, 6.07) is 6.31. The molecule has 0 aromatic heterocycles.